The number of hydrogen-bond acceptors (Lipinski definition) is 1. The van der Waals surface area contributed by atoms with Crippen LogP contribution in [-0.4, -0.2) is 4.98 Å². The molecule has 0 aliphatic rings. The highest BCUT2D eigenvalue weighted by atomic mass is 31.1. The predicted molar refractivity (Wildman–Crippen MR) is 100 cm³/mol. The first-order valence-corrected chi connectivity index (χ1v) is 9.23. The maximum atomic E-state index is 14.5. The van der Waals surface area contributed by atoms with Crippen LogP contribution in [0.1, 0.15) is 0 Å². The van der Waals surface area contributed by atoms with Crippen molar-refractivity contribution in [1.29, 1.82) is 0 Å². The molecule has 1 nitrogen and oxygen atoms in total. The minimum Gasteiger partial charge on any atom is -0.247 e. The smallest absolute Gasteiger partial charge is 0.131 e. The van der Waals surface area contributed by atoms with Crippen LogP contribution in [0.15, 0.2) is 84.9 Å². The molecule has 25 heavy (non-hydrogen) atoms. The summed E-state index contributed by atoms with van der Waals surface area (Å²) in [5, 5.41) is 1.96. The van der Waals surface area contributed by atoms with Gasteiger partial charge in [-0.15, -0.1) is 0 Å². The molecule has 0 N–H and O–H groups in total. The number of para-hydroxylation sites is 1. The Kier molecular flexibility index (Phi) is 4.25. The van der Waals surface area contributed by atoms with Gasteiger partial charge in [-0.05, 0) is 24.3 Å². The number of nitrogens with zero attached hydrogens (tertiary/aromatic N) is 1. The zero-order chi connectivity index (χ0) is 17.2. The molecule has 4 aromatic rings. The van der Waals surface area contributed by atoms with Gasteiger partial charge in [-0.3, -0.25) is 0 Å². The van der Waals surface area contributed by atoms with Crippen LogP contribution in [-0.2, 0) is 0 Å². The zero-order valence-corrected chi connectivity index (χ0v) is 14.1. The molecule has 0 aliphatic heterocycles. The first-order valence-electron chi connectivity index (χ1n) is 7.89. The highest BCUT2D eigenvalue weighted by molar-refractivity contribution is 7.79. The molecular weight excluding hydrogens is 335 g/mol. The average Bonchev–Trinajstić information content (AvgIpc) is 2.65. The summed E-state index contributed by atoms with van der Waals surface area (Å²) >= 11 is 0. The molecule has 0 fully saturated rings. The Morgan fingerprint density at radius 3 is 1.80 bits per heavy atom. The molecule has 4 rings (SSSR count). The molecule has 4 heteroatoms. The van der Waals surface area contributed by atoms with E-state index in [1.54, 1.807) is 36.4 Å². The minimum atomic E-state index is -1.42. The van der Waals surface area contributed by atoms with Gasteiger partial charge in [0.2, 0.25) is 0 Å². The maximum absolute atomic E-state index is 14.5. The molecule has 0 saturated heterocycles. The third-order valence-corrected chi connectivity index (χ3v) is 6.40. The SMILES string of the molecule is Fc1ccccc1P(c1ccc2ccccc2n1)c1ccccc1F. The lowest BCUT2D eigenvalue weighted by Crippen LogP contribution is -2.26. The van der Waals surface area contributed by atoms with E-state index in [0.29, 0.717) is 16.0 Å². The Labute approximate surface area is 145 Å². The van der Waals surface area contributed by atoms with Crippen molar-refractivity contribution >= 4 is 34.9 Å². The van der Waals surface area contributed by atoms with Crippen LogP contribution in [0, 0.1) is 11.6 Å². The van der Waals surface area contributed by atoms with E-state index in [4.69, 9.17) is 4.98 Å². The lowest BCUT2D eigenvalue weighted by atomic mass is 10.2. The van der Waals surface area contributed by atoms with Gasteiger partial charge in [-0.2, -0.15) is 0 Å². The number of rotatable bonds is 3. The summed E-state index contributed by atoms with van der Waals surface area (Å²) in [5.74, 6) is -0.682. The van der Waals surface area contributed by atoms with Crippen LogP contribution < -0.4 is 16.0 Å². The molecule has 0 unspecified atom stereocenters. The molecule has 0 radical (unpaired) electrons. The monoisotopic (exact) mass is 349 g/mol. The molecule has 122 valence electrons. The van der Waals surface area contributed by atoms with Crippen LogP contribution in [0.2, 0.25) is 0 Å². The van der Waals surface area contributed by atoms with Crippen LogP contribution >= 0.6 is 7.92 Å². The summed E-state index contributed by atoms with van der Waals surface area (Å²) < 4.78 is 29.0. The van der Waals surface area contributed by atoms with Crippen molar-refractivity contribution in [3.8, 4) is 0 Å². The number of aromatic nitrogens is 1. The van der Waals surface area contributed by atoms with Gasteiger partial charge in [-0.25, -0.2) is 13.8 Å². The minimum absolute atomic E-state index is 0.341. The van der Waals surface area contributed by atoms with E-state index < -0.39 is 7.92 Å². The quantitative estimate of drug-likeness (QED) is 0.504. The summed E-state index contributed by atoms with van der Waals surface area (Å²) in [5.41, 5.74) is 1.50. The van der Waals surface area contributed by atoms with Gasteiger partial charge in [0.25, 0.3) is 0 Å². The summed E-state index contributed by atoms with van der Waals surface area (Å²) in [6.45, 7) is 0. The van der Waals surface area contributed by atoms with E-state index in [1.807, 2.05) is 36.4 Å². The molecular formula is C21H14F2NP. The van der Waals surface area contributed by atoms with Gasteiger partial charge >= 0.3 is 0 Å². The fraction of sp³-hybridized carbons (Fsp3) is 0. The zero-order valence-electron chi connectivity index (χ0n) is 13.2. The molecule has 1 heterocycles. The first kappa shape index (κ1) is 15.9. The average molecular weight is 349 g/mol. The number of hydrogen-bond donors (Lipinski definition) is 0. The Morgan fingerprint density at radius 2 is 1.16 bits per heavy atom. The van der Waals surface area contributed by atoms with E-state index in [9.17, 15) is 8.78 Å². The molecule has 0 saturated carbocycles. The Balaban J connectivity index is 1.96. The number of halogens is 2. The van der Waals surface area contributed by atoms with Crippen molar-refractivity contribution in [2.75, 3.05) is 0 Å². The third kappa shape index (κ3) is 3.04. The Hall–Kier alpha value is -2.64. The second-order valence-electron chi connectivity index (χ2n) is 5.60. The molecule has 0 amide bonds. The van der Waals surface area contributed by atoms with E-state index in [1.165, 1.54) is 12.1 Å². The van der Waals surface area contributed by atoms with Crippen molar-refractivity contribution in [3.63, 3.8) is 0 Å². The molecule has 1 aromatic heterocycles. The van der Waals surface area contributed by atoms with Crippen molar-refractivity contribution in [3.05, 3.63) is 96.6 Å². The van der Waals surface area contributed by atoms with Crippen molar-refractivity contribution in [1.82, 2.24) is 4.98 Å². The normalized spacial score (nSPS) is 11.2. The fourth-order valence-corrected chi connectivity index (χ4v) is 5.05. The molecule has 3 aromatic carbocycles. The summed E-state index contributed by atoms with van der Waals surface area (Å²) in [6, 6.07) is 24.6. The van der Waals surface area contributed by atoms with Gasteiger partial charge in [0, 0.05) is 23.9 Å². The van der Waals surface area contributed by atoms with Gasteiger partial charge in [-0.1, -0.05) is 60.7 Å². The van der Waals surface area contributed by atoms with Gasteiger partial charge in [0.15, 0.2) is 0 Å². The van der Waals surface area contributed by atoms with Crippen LogP contribution in [0.4, 0.5) is 8.78 Å². The van der Waals surface area contributed by atoms with Crippen molar-refractivity contribution < 1.29 is 8.78 Å². The first-order chi connectivity index (χ1) is 12.2. The highest BCUT2D eigenvalue weighted by Gasteiger charge is 2.23. The molecule has 0 atom stereocenters. The fourth-order valence-electron chi connectivity index (χ4n) is 2.82. The Morgan fingerprint density at radius 1 is 0.600 bits per heavy atom. The van der Waals surface area contributed by atoms with Crippen molar-refractivity contribution in [2.24, 2.45) is 0 Å². The maximum Gasteiger partial charge on any atom is 0.131 e. The van der Waals surface area contributed by atoms with E-state index in [0.717, 1.165) is 10.9 Å². The van der Waals surface area contributed by atoms with E-state index in [2.05, 4.69) is 0 Å². The summed E-state index contributed by atoms with van der Waals surface area (Å²) in [4.78, 5) is 4.71. The van der Waals surface area contributed by atoms with Crippen LogP contribution in [0.25, 0.3) is 10.9 Å². The number of benzene rings is 3. The highest BCUT2D eigenvalue weighted by Crippen LogP contribution is 2.34. The third-order valence-electron chi connectivity index (χ3n) is 4.00. The Bertz CT molecular complexity index is 1000. The lowest BCUT2D eigenvalue weighted by molar-refractivity contribution is 0.634. The lowest BCUT2D eigenvalue weighted by Gasteiger charge is -2.19. The molecule has 0 spiro atoms. The topological polar surface area (TPSA) is 12.9 Å². The molecule has 0 bridgehead atoms. The number of fused-ring (bicyclic) bond motifs is 1. The van der Waals surface area contributed by atoms with Gasteiger partial charge in [0.05, 0.1) is 11.0 Å². The van der Waals surface area contributed by atoms with Crippen LogP contribution in [0.3, 0.4) is 0 Å². The largest absolute Gasteiger partial charge is 0.247 e. The van der Waals surface area contributed by atoms with Gasteiger partial charge in [0.1, 0.15) is 11.6 Å². The van der Waals surface area contributed by atoms with Crippen molar-refractivity contribution in [2.45, 2.75) is 0 Å². The summed E-state index contributed by atoms with van der Waals surface area (Å²) in [6.07, 6.45) is 0. The van der Waals surface area contributed by atoms with Gasteiger partial charge < -0.3 is 0 Å². The second kappa shape index (κ2) is 6.70. The van der Waals surface area contributed by atoms with Crippen LogP contribution in [0.5, 0.6) is 0 Å². The van der Waals surface area contributed by atoms with E-state index in [-0.39, 0.29) is 11.6 Å². The number of pyridine rings is 1. The van der Waals surface area contributed by atoms with E-state index >= 15 is 0 Å². The second-order valence-corrected chi connectivity index (χ2v) is 7.69. The standard InChI is InChI=1S/C21H14F2NP/c22-16-8-2-5-11-19(16)25(20-12-6-3-9-17(20)23)21-14-13-15-7-1-4-10-18(15)24-21/h1-14H. The molecule has 0 aliphatic carbocycles. The predicted octanol–water partition coefficient (Wildman–Crippen LogP) is 4.27. The summed E-state index contributed by atoms with van der Waals surface area (Å²) in [7, 11) is -1.42.